The van der Waals surface area contributed by atoms with Crippen LogP contribution < -0.4 is 0 Å². The van der Waals surface area contributed by atoms with Crippen LogP contribution in [0.4, 0.5) is 4.39 Å². The van der Waals surface area contributed by atoms with Crippen LogP contribution in [0.15, 0.2) is 23.8 Å². The van der Waals surface area contributed by atoms with E-state index in [1.54, 1.807) is 33.8 Å². The van der Waals surface area contributed by atoms with E-state index in [0.717, 1.165) is 0 Å². The molecule has 0 aromatic heterocycles. The molecule has 0 saturated heterocycles. The quantitative estimate of drug-likeness (QED) is 0.430. The summed E-state index contributed by atoms with van der Waals surface area (Å²) in [6.45, 7) is 6.25. The van der Waals surface area contributed by atoms with Gasteiger partial charge in [-0.3, -0.25) is 14.4 Å². The maximum absolute atomic E-state index is 17.1. The smallest absolute Gasteiger partial charge is 0.319 e. The molecular formula is C25H32BrFO6. The Morgan fingerprint density at radius 3 is 2.64 bits per heavy atom. The third-order valence-corrected chi connectivity index (χ3v) is 9.69. The Labute approximate surface area is 201 Å². The lowest BCUT2D eigenvalue weighted by Crippen LogP contribution is -2.69. The molecule has 0 spiro atoms. The van der Waals surface area contributed by atoms with Crippen LogP contribution in [0.5, 0.6) is 0 Å². The molecule has 0 bridgehead atoms. The van der Waals surface area contributed by atoms with E-state index >= 15 is 4.39 Å². The monoisotopic (exact) mass is 526 g/mol. The molecule has 4 aliphatic carbocycles. The fourth-order valence-corrected chi connectivity index (χ4v) is 7.63. The van der Waals surface area contributed by atoms with Gasteiger partial charge in [0.1, 0.15) is 10.4 Å². The number of Topliss-reactive ketones (excluding diaryl/α,β-unsaturated/α-hetero) is 1. The van der Waals surface area contributed by atoms with Gasteiger partial charge in [-0.25, -0.2) is 4.39 Å². The summed E-state index contributed by atoms with van der Waals surface area (Å²) in [5.74, 6) is -2.86. The average Bonchev–Trinajstić information content (AvgIpc) is 2.94. The van der Waals surface area contributed by atoms with Crippen LogP contribution >= 0.6 is 15.9 Å². The summed E-state index contributed by atoms with van der Waals surface area (Å²) in [5.41, 5.74) is -5.40. The van der Waals surface area contributed by atoms with Gasteiger partial charge >= 0.3 is 5.97 Å². The number of rotatable bonds is 4. The van der Waals surface area contributed by atoms with Gasteiger partial charge in [0.25, 0.3) is 0 Å². The molecule has 0 heterocycles. The first kappa shape index (κ1) is 24.7. The number of ether oxygens (including phenoxy) is 1. The fourth-order valence-electron chi connectivity index (χ4n) is 7.50. The van der Waals surface area contributed by atoms with Crippen LogP contribution in [-0.2, 0) is 19.1 Å². The SMILES string of the molecule is CC(Br)C(=O)OCC(=O)[C@@]1(O)[C@@H](C)CC2C3CCC4=CC(=O)C=C[C@]4(C)[C@@]3(F)[C@@H](O)C[C@@]21C. The number of aliphatic hydroxyl groups is 2. The average molecular weight is 527 g/mol. The minimum atomic E-state index is -2.02. The number of carbonyl (C=O) groups is 3. The highest BCUT2D eigenvalue weighted by Crippen LogP contribution is 2.70. The molecule has 8 heteroatoms. The highest BCUT2D eigenvalue weighted by atomic mass is 79.9. The van der Waals surface area contributed by atoms with Crippen molar-refractivity contribution in [3.63, 3.8) is 0 Å². The Kier molecular flexibility index (Phi) is 5.86. The minimum Gasteiger partial charge on any atom is -0.457 e. The van der Waals surface area contributed by atoms with Gasteiger partial charge in [-0.15, -0.1) is 0 Å². The van der Waals surface area contributed by atoms with Gasteiger partial charge in [0, 0.05) is 16.7 Å². The van der Waals surface area contributed by atoms with E-state index in [1.807, 2.05) is 0 Å². The zero-order valence-electron chi connectivity index (χ0n) is 19.4. The Hall–Kier alpha value is -1.38. The third-order valence-electron chi connectivity index (χ3n) is 9.32. The molecule has 182 valence electrons. The van der Waals surface area contributed by atoms with Crippen molar-refractivity contribution in [2.24, 2.45) is 28.6 Å². The van der Waals surface area contributed by atoms with E-state index < -0.39 is 63.2 Å². The van der Waals surface area contributed by atoms with Crippen LogP contribution in [0.1, 0.15) is 53.4 Å². The first-order chi connectivity index (χ1) is 15.2. The zero-order valence-corrected chi connectivity index (χ0v) is 21.0. The summed E-state index contributed by atoms with van der Waals surface area (Å²) < 4.78 is 22.2. The molecule has 9 atom stereocenters. The number of fused-ring (bicyclic) bond motifs is 5. The van der Waals surface area contributed by atoms with Crippen molar-refractivity contribution < 1.29 is 33.7 Å². The summed E-state index contributed by atoms with van der Waals surface area (Å²) in [6, 6.07) is 0. The molecule has 4 rings (SSSR count). The Bertz CT molecular complexity index is 961. The second-order valence-corrected chi connectivity index (χ2v) is 12.2. The molecule has 4 aliphatic rings. The van der Waals surface area contributed by atoms with Crippen molar-refractivity contribution in [2.45, 2.75) is 75.6 Å². The molecule has 0 aliphatic heterocycles. The van der Waals surface area contributed by atoms with Crippen LogP contribution in [0.2, 0.25) is 0 Å². The Balaban J connectivity index is 1.70. The highest BCUT2D eigenvalue weighted by Gasteiger charge is 2.75. The molecule has 3 unspecified atom stereocenters. The number of allylic oxidation sites excluding steroid dienone is 4. The summed E-state index contributed by atoms with van der Waals surface area (Å²) in [7, 11) is 0. The summed E-state index contributed by atoms with van der Waals surface area (Å²) in [4.78, 5) is 36.5. The van der Waals surface area contributed by atoms with Crippen molar-refractivity contribution in [1.82, 2.24) is 0 Å². The fraction of sp³-hybridized carbons (Fsp3) is 0.720. The summed E-state index contributed by atoms with van der Waals surface area (Å²) in [5, 5.41) is 23.1. The van der Waals surface area contributed by atoms with E-state index in [0.29, 0.717) is 24.8 Å². The van der Waals surface area contributed by atoms with E-state index in [4.69, 9.17) is 4.74 Å². The van der Waals surface area contributed by atoms with Crippen molar-refractivity contribution in [3.05, 3.63) is 23.8 Å². The van der Waals surface area contributed by atoms with Crippen molar-refractivity contribution >= 4 is 33.5 Å². The van der Waals surface area contributed by atoms with Crippen LogP contribution in [0, 0.1) is 28.6 Å². The number of halogens is 2. The van der Waals surface area contributed by atoms with E-state index in [-0.39, 0.29) is 18.1 Å². The standard InChI is InChI=1S/C25H32BrFO6/c1-13-9-18-17-6-5-15-10-16(28)7-8-22(15,3)24(17,27)19(29)11-23(18,4)25(13,32)20(30)12-33-21(31)14(2)26/h7-8,10,13-14,17-19,29,32H,5-6,9,11-12H2,1-4H3/t13-,14?,17?,18?,19-,22-,23-,24-,25-/m0/s1. The normalized spacial score (nSPS) is 47.2. The molecule has 0 aromatic rings. The van der Waals surface area contributed by atoms with Crippen molar-refractivity contribution in [2.75, 3.05) is 6.61 Å². The number of alkyl halides is 2. The lowest BCUT2D eigenvalue weighted by Gasteiger charge is -2.62. The predicted molar refractivity (Wildman–Crippen MR) is 122 cm³/mol. The van der Waals surface area contributed by atoms with E-state index in [1.165, 1.54) is 12.2 Å². The summed E-state index contributed by atoms with van der Waals surface area (Å²) in [6.07, 6.45) is 4.24. The van der Waals surface area contributed by atoms with Gasteiger partial charge in [-0.05, 0) is 63.5 Å². The van der Waals surface area contributed by atoms with Gasteiger partial charge in [0.05, 0.1) is 6.10 Å². The summed E-state index contributed by atoms with van der Waals surface area (Å²) >= 11 is 3.10. The Morgan fingerprint density at radius 2 is 2.00 bits per heavy atom. The van der Waals surface area contributed by atoms with Gasteiger partial charge < -0.3 is 14.9 Å². The largest absolute Gasteiger partial charge is 0.457 e. The molecule has 0 aromatic carbocycles. The van der Waals surface area contributed by atoms with Gasteiger partial charge in [-0.1, -0.05) is 41.4 Å². The maximum atomic E-state index is 17.1. The maximum Gasteiger partial charge on any atom is 0.319 e. The van der Waals surface area contributed by atoms with Crippen LogP contribution in [-0.4, -0.2) is 56.6 Å². The number of carbonyl (C=O) groups excluding carboxylic acids is 3. The number of aliphatic hydroxyl groups excluding tert-OH is 1. The number of hydrogen-bond acceptors (Lipinski definition) is 6. The van der Waals surface area contributed by atoms with Crippen LogP contribution in [0.25, 0.3) is 0 Å². The van der Waals surface area contributed by atoms with Gasteiger partial charge in [-0.2, -0.15) is 0 Å². The first-order valence-electron chi connectivity index (χ1n) is 11.6. The minimum absolute atomic E-state index is 0.106. The second kappa shape index (κ2) is 7.82. The van der Waals surface area contributed by atoms with Crippen molar-refractivity contribution in [1.29, 1.82) is 0 Å². The molecule has 3 fully saturated rings. The number of esters is 1. The molecule has 0 amide bonds. The molecular weight excluding hydrogens is 495 g/mol. The number of hydrogen-bond donors (Lipinski definition) is 2. The second-order valence-electron chi connectivity index (χ2n) is 10.8. The lowest BCUT2D eigenvalue weighted by molar-refractivity contribution is -0.219. The lowest BCUT2D eigenvalue weighted by atomic mass is 9.44. The molecule has 33 heavy (non-hydrogen) atoms. The zero-order chi connectivity index (χ0) is 24.6. The third kappa shape index (κ3) is 3.12. The molecule has 2 N–H and O–H groups in total. The molecule has 0 radical (unpaired) electrons. The molecule has 3 saturated carbocycles. The molecule has 6 nitrogen and oxygen atoms in total. The van der Waals surface area contributed by atoms with Gasteiger partial charge in [0.15, 0.2) is 18.1 Å². The van der Waals surface area contributed by atoms with Crippen molar-refractivity contribution in [3.8, 4) is 0 Å². The van der Waals surface area contributed by atoms with E-state index in [9.17, 15) is 24.6 Å². The topological polar surface area (TPSA) is 101 Å². The number of ketones is 2. The first-order valence-corrected chi connectivity index (χ1v) is 12.5. The predicted octanol–water partition coefficient (Wildman–Crippen LogP) is 3.23. The Morgan fingerprint density at radius 1 is 1.33 bits per heavy atom. The van der Waals surface area contributed by atoms with E-state index in [2.05, 4.69) is 15.9 Å². The highest BCUT2D eigenvalue weighted by molar-refractivity contribution is 9.10. The van der Waals surface area contributed by atoms with Gasteiger partial charge in [0.2, 0.25) is 5.78 Å². The van der Waals surface area contributed by atoms with Crippen LogP contribution in [0.3, 0.4) is 0 Å².